The van der Waals surface area contributed by atoms with E-state index in [9.17, 15) is 4.79 Å². The standard InChI is InChI=1S/C12H20O2.C10H18O/c1-7-8(2)12-5-10(7)4-11(12)6-14-9(3)13;1-6-7(2)10-4-8(6)3-9(10)5-11/h7-8,10-12H,4-6H2,1-3H3;6-11H,3-5H2,1-2H3/t7?,8?,10-,11?,12+;6?,7?,8-,9?,10+/m00/s1. The van der Waals surface area contributed by atoms with E-state index < -0.39 is 0 Å². The van der Waals surface area contributed by atoms with Crippen LogP contribution in [-0.2, 0) is 9.53 Å². The molecule has 1 N–H and O–H groups in total. The Labute approximate surface area is 153 Å². The number of hydrogen-bond donors (Lipinski definition) is 1. The molecule has 0 aromatic heterocycles. The number of fused-ring (bicyclic) bond motifs is 4. The second kappa shape index (κ2) is 7.58. The molecule has 0 aliphatic heterocycles. The summed E-state index contributed by atoms with van der Waals surface area (Å²) in [6, 6.07) is 0. The van der Waals surface area contributed by atoms with Crippen LogP contribution in [0.4, 0.5) is 0 Å². The van der Waals surface area contributed by atoms with Gasteiger partial charge in [-0.25, -0.2) is 0 Å². The zero-order valence-electron chi connectivity index (χ0n) is 16.8. The number of aliphatic hydroxyl groups is 1. The lowest BCUT2D eigenvalue weighted by Gasteiger charge is -2.31. The Bertz CT molecular complexity index is 468. The Balaban J connectivity index is 0.000000150. The Hall–Kier alpha value is -0.570. The third kappa shape index (κ3) is 3.63. The zero-order valence-corrected chi connectivity index (χ0v) is 16.8. The first kappa shape index (κ1) is 19.2. The van der Waals surface area contributed by atoms with Gasteiger partial charge in [0.2, 0.25) is 0 Å². The lowest BCUT2D eigenvalue weighted by atomic mass is 9.76. The molecule has 6 unspecified atom stereocenters. The van der Waals surface area contributed by atoms with Gasteiger partial charge in [-0.1, -0.05) is 27.7 Å². The van der Waals surface area contributed by atoms with E-state index in [2.05, 4.69) is 27.7 Å². The first-order chi connectivity index (χ1) is 11.8. The van der Waals surface area contributed by atoms with Crippen molar-refractivity contribution in [3.63, 3.8) is 0 Å². The van der Waals surface area contributed by atoms with E-state index in [1.165, 1.54) is 32.6 Å². The summed E-state index contributed by atoms with van der Waals surface area (Å²) in [5.41, 5.74) is 0. The van der Waals surface area contributed by atoms with Gasteiger partial charge in [-0.05, 0) is 84.9 Å². The lowest BCUT2D eigenvalue weighted by molar-refractivity contribution is -0.143. The normalized spacial score (nSPS) is 49.8. The van der Waals surface area contributed by atoms with E-state index >= 15 is 0 Å². The molecule has 3 nitrogen and oxygen atoms in total. The van der Waals surface area contributed by atoms with Crippen molar-refractivity contribution < 1.29 is 14.6 Å². The van der Waals surface area contributed by atoms with Gasteiger partial charge in [0.05, 0.1) is 6.61 Å². The summed E-state index contributed by atoms with van der Waals surface area (Å²) in [7, 11) is 0. The van der Waals surface area contributed by atoms with Crippen LogP contribution in [0.15, 0.2) is 0 Å². The van der Waals surface area contributed by atoms with Crippen LogP contribution in [0, 0.1) is 59.2 Å². The van der Waals surface area contributed by atoms with Crippen molar-refractivity contribution in [2.24, 2.45) is 59.2 Å². The maximum absolute atomic E-state index is 10.7. The highest BCUT2D eigenvalue weighted by Gasteiger charge is 2.49. The SMILES string of the molecule is CC(=O)OCC1C[C@H]2C[C@@H]1C(C)C2C.CC1C(C)[C@H]2C[C@@H]1CC2CO. The number of aliphatic hydroxyl groups excluding tert-OH is 1. The summed E-state index contributed by atoms with van der Waals surface area (Å²) in [4.78, 5) is 10.7. The molecule has 0 spiro atoms. The van der Waals surface area contributed by atoms with Gasteiger partial charge in [-0.2, -0.15) is 0 Å². The Morgan fingerprint density at radius 3 is 1.72 bits per heavy atom. The molecule has 0 aromatic rings. The number of rotatable bonds is 3. The number of ether oxygens (including phenoxy) is 1. The van der Waals surface area contributed by atoms with Crippen molar-refractivity contribution in [1.29, 1.82) is 0 Å². The van der Waals surface area contributed by atoms with Crippen molar-refractivity contribution in [2.45, 2.75) is 60.3 Å². The lowest BCUT2D eigenvalue weighted by Crippen LogP contribution is -2.27. The molecular formula is C22H38O3. The predicted molar refractivity (Wildman–Crippen MR) is 99.8 cm³/mol. The van der Waals surface area contributed by atoms with E-state index in [4.69, 9.17) is 9.84 Å². The first-order valence-electron chi connectivity index (χ1n) is 10.6. The van der Waals surface area contributed by atoms with Gasteiger partial charge < -0.3 is 9.84 Å². The average molecular weight is 351 g/mol. The molecule has 4 aliphatic rings. The van der Waals surface area contributed by atoms with Crippen LogP contribution in [0.2, 0.25) is 0 Å². The molecule has 4 fully saturated rings. The number of esters is 1. The third-order valence-corrected chi connectivity index (χ3v) is 8.80. The minimum absolute atomic E-state index is 0.131. The quantitative estimate of drug-likeness (QED) is 0.768. The van der Waals surface area contributed by atoms with Gasteiger partial charge in [0.25, 0.3) is 0 Å². The minimum Gasteiger partial charge on any atom is -0.466 e. The molecule has 0 heterocycles. The van der Waals surface area contributed by atoms with Gasteiger partial charge >= 0.3 is 5.97 Å². The summed E-state index contributed by atoms with van der Waals surface area (Å²) < 4.78 is 5.12. The van der Waals surface area contributed by atoms with E-state index in [-0.39, 0.29) is 5.97 Å². The van der Waals surface area contributed by atoms with E-state index in [1.807, 2.05) is 0 Å². The fraction of sp³-hybridized carbons (Fsp3) is 0.955. The predicted octanol–water partition coefficient (Wildman–Crippen LogP) is 4.38. The summed E-state index contributed by atoms with van der Waals surface area (Å²) in [6.45, 7) is 12.1. The Morgan fingerprint density at radius 2 is 1.32 bits per heavy atom. The molecule has 144 valence electrons. The van der Waals surface area contributed by atoms with Gasteiger partial charge in [0.1, 0.15) is 0 Å². The first-order valence-corrected chi connectivity index (χ1v) is 10.6. The van der Waals surface area contributed by atoms with Crippen LogP contribution in [0.25, 0.3) is 0 Å². The van der Waals surface area contributed by atoms with E-state index in [1.54, 1.807) is 0 Å². The molecular weight excluding hydrogens is 312 g/mol. The summed E-state index contributed by atoms with van der Waals surface area (Å²) >= 11 is 0. The fourth-order valence-electron chi connectivity index (χ4n) is 6.81. The van der Waals surface area contributed by atoms with Crippen LogP contribution < -0.4 is 0 Å². The van der Waals surface area contributed by atoms with E-state index in [0.29, 0.717) is 25.0 Å². The number of carbonyl (C=O) groups is 1. The Morgan fingerprint density at radius 1 is 0.840 bits per heavy atom. The molecule has 0 aromatic carbocycles. The number of hydrogen-bond acceptors (Lipinski definition) is 3. The summed E-state index contributed by atoms with van der Waals surface area (Å²) in [5.74, 6) is 8.16. The summed E-state index contributed by atoms with van der Waals surface area (Å²) in [5, 5.41) is 9.09. The smallest absolute Gasteiger partial charge is 0.302 e. The molecule has 25 heavy (non-hydrogen) atoms. The van der Waals surface area contributed by atoms with Gasteiger partial charge in [-0.15, -0.1) is 0 Å². The second-order valence-electron chi connectivity index (χ2n) is 9.73. The van der Waals surface area contributed by atoms with Crippen LogP contribution in [-0.4, -0.2) is 24.3 Å². The van der Waals surface area contributed by atoms with Crippen LogP contribution in [0.1, 0.15) is 60.3 Å². The topological polar surface area (TPSA) is 46.5 Å². The van der Waals surface area contributed by atoms with Gasteiger partial charge in [-0.3, -0.25) is 4.79 Å². The van der Waals surface area contributed by atoms with Crippen LogP contribution in [0.5, 0.6) is 0 Å². The highest BCUT2D eigenvalue weighted by atomic mass is 16.5. The van der Waals surface area contributed by atoms with Crippen molar-refractivity contribution in [1.82, 2.24) is 0 Å². The molecule has 4 aliphatic carbocycles. The maximum atomic E-state index is 10.7. The van der Waals surface area contributed by atoms with Crippen molar-refractivity contribution in [3.8, 4) is 0 Å². The molecule has 4 bridgehead atoms. The monoisotopic (exact) mass is 350 g/mol. The fourth-order valence-corrected chi connectivity index (χ4v) is 6.81. The summed E-state index contributed by atoms with van der Waals surface area (Å²) in [6.07, 6.45) is 5.35. The largest absolute Gasteiger partial charge is 0.466 e. The van der Waals surface area contributed by atoms with E-state index in [0.717, 1.165) is 47.3 Å². The highest BCUT2D eigenvalue weighted by molar-refractivity contribution is 5.65. The van der Waals surface area contributed by atoms with Gasteiger partial charge in [0.15, 0.2) is 0 Å². The third-order valence-electron chi connectivity index (χ3n) is 8.80. The molecule has 4 saturated carbocycles. The molecule has 0 saturated heterocycles. The average Bonchev–Trinajstić information content (AvgIpc) is 3.31. The molecule has 10 atom stereocenters. The molecule has 4 rings (SSSR count). The van der Waals surface area contributed by atoms with Crippen LogP contribution in [0.3, 0.4) is 0 Å². The highest BCUT2D eigenvalue weighted by Crippen LogP contribution is 2.55. The van der Waals surface area contributed by atoms with Crippen LogP contribution >= 0.6 is 0 Å². The Kier molecular flexibility index (Phi) is 5.82. The molecule has 0 amide bonds. The molecule has 3 heteroatoms. The minimum atomic E-state index is -0.131. The van der Waals surface area contributed by atoms with Gasteiger partial charge in [0, 0.05) is 13.5 Å². The van der Waals surface area contributed by atoms with Crippen molar-refractivity contribution >= 4 is 5.97 Å². The van der Waals surface area contributed by atoms with Crippen molar-refractivity contribution in [2.75, 3.05) is 13.2 Å². The maximum Gasteiger partial charge on any atom is 0.302 e. The second-order valence-corrected chi connectivity index (χ2v) is 9.73. The van der Waals surface area contributed by atoms with Crippen molar-refractivity contribution in [3.05, 3.63) is 0 Å². The zero-order chi connectivity index (χ0) is 18.3. The molecule has 0 radical (unpaired) electrons. The number of carbonyl (C=O) groups excluding carboxylic acids is 1.